The van der Waals surface area contributed by atoms with Crippen LogP contribution in [0, 0.1) is 0 Å². The standard InChI is InChI=1S/C21H24F3NO2/c1-13(2)15-8-7-9-16(14(3)4)20(15)25-19(26)12-27-18-11-6-5-10-17(18)21(22,23)24/h5-11,13-14H,12H2,1-4H3,(H,25,26). The van der Waals surface area contributed by atoms with Crippen LogP contribution >= 0.6 is 0 Å². The van der Waals surface area contributed by atoms with Crippen LogP contribution < -0.4 is 10.1 Å². The third kappa shape index (κ3) is 5.25. The Kier molecular flexibility index (Phi) is 6.52. The van der Waals surface area contributed by atoms with Gasteiger partial charge >= 0.3 is 6.18 Å². The van der Waals surface area contributed by atoms with E-state index >= 15 is 0 Å². The zero-order valence-electron chi connectivity index (χ0n) is 15.9. The fourth-order valence-corrected chi connectivity index (χ4v) is 2.84. The first-order chi connectivity index (χ1) is 12.6. The van der Waals surface area contributed by atoms with Gasteiger partial charge in [0.1, 0.15) is 5.75 Å². The number of ether oxygens (including phenoxy) is 1. The molecule has 0 spiro atoms. The normalized spacial score (nSPS) is 11.7. The van der Waals surface area contributed by atoms with Crippen molar-refractivity contribution in [3.05, 3.63) is 59.2 Å². The molecule has 0 radical (unpaired) electrons. The summed E-state index contributed by atoms with van der Waals surface area (Å²) in [5, 5.41) is 2.83. The average Bonchev–Trinajstić information content (AvgIpc) is 2.59. The van der Waals surface area contributed by atoms with Crippen molar-refractivity contribution in [3.8, 4) is 5.75 Å². The molecule has 0 heterocycles. The van der Waals surface area contributed by atoms with Crippen LogP contribution in [-0.2, 0) is 11.0 Å². The van der Waals surface area contributed by atoms with Gasteiger partial charge in [0, 0.05) is 5.69 Å². The van der Waals surface area contributed by atoms with Gasteiger partial charge in [0.15, 0.2) is 6.61 Å². The van der Waals surface area contributed by atoms with Gasteiger partial charge in [-0.15, -0.1) is 0 Å². The Morgan fingerprint density at radius 2 is 1.52 bits per heavy atom. The van der Waals surface area contributed by atoms with Crippen molar-refractivity contribution in [2.75, 3.05) is 11.9 Å². The Morgan fingerprint density at radius 3 is 2.04 bits per heavy atom. The molecule has 0 aromatic heterocycles. The molecular formula is C21H24F3NO2. The molecule has 0 atom stereocenters. The smallest absolute Gasteiger partial charge is 0.419 e. The lowest BCUT2D eigenvalue weighted by Gasteiger charge is -2.20. The molecule has 6 heteroatoms. The third-order valence-corrected chi connectivity index (χ3v) is 4.19. The highest BCUT2D eigenvalue weighted by molar-refractivity contribution is 5.93. The quantitative estimate of drug-likeness (QED) is 0.671. The first kappa shape index (κ1) is 20.8. The van der Waals surface area contributed by atoms with Crippen LogP contribution in [0.15, 0.2) is 42.5 Å². The number of hydrogen-bond donors (Lipinski definition) is 1. The molecule has 0 aliphatic heterocycles. The molecule has 2 aromatic carbocycles. The van der Waals surface area contributed by atoms with Crippen LogP contribution in [0.4, 0.5) is 18.9 Å². The van der Waals surface area contributed by atoms with E-state index in [0.29, 0.717) is 5.69 Å². The minimum Gasteiger partial charge on any atom is -0.483 e. The number of nitrogens with one attached hydrogen (secondary N) is 1. The Labute approximate surface area is 157 Å². The molecule has 146 valence electrons. The van der Waals surface area contributed by atoms with Crippen LogP contribution in [0.25, 0.3) is 0 Å². The predicted octanol–water partition coefficient (Wildman–Crippen LogP) is 5.97. The molecule has 1 amide bonds. The highest BCUT2D eigenvalue weighted by Gasteiger charge is 2.34. The number of para-hydroxylation sites is 2. The van der Waals surface area contributed by atoms with Gasteiger partial charge in [0.05, 0.1) is 5.56 Å². The molecule has 0 saturated heterocycles. The van der Waals surface area contributed by atoms with E-state index in [1.165, 1.54) is 18.2 Å². The van der Waals surface area contributed by atoms with E-state index in [2.05, 4.69) is 5.32 Å². The third-order valence-electron chi connectivity index (χ3n) is 4.19. The van der Waals surface area contributed by atoms with Crippen LogP contribution in [0.2, 0.25) is 0 Å². The molecule has 0 fully saturated rings. The number of halogens is 3. The molecule has 2 rings (SSSR count). The van der Waals surface area contributed by atoms with E-state index in [9.17, 15) is 18.0 Å². The number of anilines is 1. The highest BCUT2D eigenvalue weighted by Crippen LogP contribution is 2.36. The number of benzene rings is 2. The molecule has 0 unspecified atom stereocenters. The summed E-state index contributed by atoms with van der Waals surface area (Å²) in [6, 6.07) is 10.7. The first-order valence-corrected chi connectivity index (χ1v) is 8.83. The zero-order chi connectivity index (χ0) is 20.2. The summed E-state index contributed by atoms with van der Waals surface area (Å²) >= 11 is 0. The summed E-state index contributed by atoms with van der Waals surface area (Å²) in [7, 11) is 0. The molecule has 2 aromatic rings. The molecule has 0 bridgehead atoms. The van der Waals surface area contributed by atoms with Crippen molar-refractivity contribution in [2.45, 2.75) is 45.7 Å². The van der Waals surface area contributed by atoms with Crippen molar-refractivity contribution in [1.29, 1.82) is 0 Å². The van der Waals surface area contributed by atoms with Gasteiger partial charge < -0.3 is 10.1 Å². The van der Waals surface area contributed by atoms with Crippen molar-refractivity contribution >= 4 is 11.6 Å². The zero-order valence-corrected chi connectivity index (χ0v) is 15.9. The van der Waals surface area contributed by atoms with Gasteiger partial charge in [-0.25, -0.2) is 0 Å². The van der Waals surface area contributed by atoms with E-state index in [-0.39, 0.29) is 17.6 Å². The van der Waals surface area contributed by atoms with Gasteiger partial charge in [0.25, 0.3) is 5.91 Å². The minimum absolute atomic E-state index is 0.186. The van der Waals surface area contributed by atoms with E-state index in [1.54, 1.807) is 0 Å². The maximum absolute atomic E-state index is 13.0. The lowest BCUT2D eigenvalue weighted by molar-refractivity contribution is -0.139. The van der Waals surface area contributed by atoms with Crippen molar-refractivity contribution in [3.63, 3.8) is 0 Å². The second kappa shape index (κ2) is 8.46. The Morgan fingerprint density at radius 1 is 0.963 bits per heavy atom. The summed E-state index contributed by atoms with van der Waals surface area (Å²) in [5.41, 5.74) is 1.76. The van der Waals surface area contributed by atoms with E-state index in [4.69, 9.17) is 4.74 Å². The Bertz CT molecular complexity index is 772. The second-order valence-corrected chi connectivity index (χ2v) is 6.95. The number of hydrogen-bond acceptors (Lipinski definition) is 2. The Balaban J connectivity index is 2.19. The molecule has 1 N–H and O–H groups in total. The van der Waals surface area contributed by atoms with Gasteiger partial charge in [-0.2, -0.15) is 13.2 Å². The number of rotatable bonds is 6. The van der Waals surface area contributed by atoms with Crippen LogP contribution in [-0.4, -0.2) is 12.5 Å². The number of carbonyl (C=O) groups excluding carboxylic acids is 1. The second-order valence-electron chi connectivity index (χ2n) is 6.95. The predicted molar refractivity (Wildman–Crippen MR) is 100 cm³/mol. The molecular weight excluding hydrogens is 355 g/mol. The lowest BCUT2D eigenvalue weighted by Crippen LogP contribution is -2.23. The average molecular weight is 379 g/mol. The van der Waals surface area contributed by atoms with Gasteiger partial charge in [-0.3, -0.25) is 4.79 Å². The monoisotopic (exact) mass is 379 g/mol. The fourth-order valence-electron chi connectivity index (χ4n) is 2.84. The summed E-state index contributed by atoms with van der Waals surface area (Å²) in [6.07, 6.45) is -4.54. The van der Waals surface area contributed by atoms with E-state index < -0.39 is 24.3 Å². The summed E-state index contributed by atoms with van der Waals surface area (Å²) in [6.45, 7) is 7.57. The minimum atomic E-state index is -4.54. The van der Waals surface area contributed by atoms with Gasteiger partial charge in [0.2, 0.25) is 0 Å². The van der Waals surface area contributed by atoms with Crippen LogP contribution in [0.5, 0.6) is 5.75 Å². The molecule has 0 aliphatic carbocycles. The van der Waals surface area contributed by atoms with E-state index in [0.717, 1.165) is 17.2 Å². The lowest BCUT2D eigenvalue weighted by atomic mass is 9.92. The molecule has 0 aliphatic rings. The van der Waals surface area contributed by atoms with Crippen LogP contribution in [0.1, 0.15) is 56.2 Å². The summed E-state index contributed by atoms with van der Waals surface area (Å²) in [5.74, 6) is -0.486. The van der Waals surface area contributed by atoms with Crippen molar-refractivity contribution in [1.82, 2.24) is 0 Å². The fraction of sp³-hybridized carbons (Fsp3) is 0.381. The van der Waals surface area contributed by atoms with Crippen molar-refractivity contribution < 1.29 is 22.7 Å². The topological polar surface area (TPSA) is 38.3 Å². The van der Waals surface area contributed by atoms with Crippen LogP contribution in [0.3, 0.4) is 0 Å². The Hall–Kier alpha value is -2.50. The molecule has 0 saturated carbocycles. The first-order valence-electron chi connectivity index (χ1n) is 8.83. The largest absolute Gasteiger partial charge is 0.483 e. The maximum Gasteiger partial charge on any atom is 0.419 e. The number of carbonyl (C=O) groups is 1. The van der Waals surface area contributed by atoms with Gasteiger partial charge in [-0.1, -0.05) is 58.0 Å². The number of amides is 1. The van der Waals surface area contributed by atoms with E-state index in [1.807, 2.05) is 45.9 Å². The summed E-state index contributed by atoms with van der Waals surface area (Å²) < 4.78 is 44.2. The summed E-state index contributed by atoms with van der Waals surface area (Å²) in [4.78, 5) is 12.4. The maximum atomic E-state index is 13.0. The van der Waals surface area contributed by atoms with Gasteiger partial charge in [-0.05, 0) is 35.1 Å². The SMILES string of the molecule is CC(C)c1cccc(C(C)C)c1NC(=O)COc1ccccc1C(F)(F)F. The molecule has 3 nitrogen and oxygen atoms in total. The molecule has 27 heavy (non-hydrogen) atoms. The number of alkyl halides is 3. The highest BCUT2D eigenvalue weighted by atomic mass is 19.4. The van der Waals surface area contributed by atoms with Crippen molar-refractivity contribution in [2.24, 2.45) is 0 Å².